The molecule has 0 radical (unpaired) electrons. The highest BCUT2D eigenvalue weighted by Crippen LogP contribution is 2.22. The molecule has 0 aliphatic carbocycles. The molecule has 1 heterocycles. The largest absolute Gasteiger partial charge is 0.399 e. The molecule has 0 fully saturated rings. The topological polar surface area (TPSA) is 21.6 Å². The first-order valence-electron chi connectivity index (χ1n) is 3.07. The summed E-state index contributed by atoms with van der Waals surface area (Å²) in [5, 5.41) is 3.81. The molecule has 11 heavy (non-hydrogen) atoms. The average molecular weight is 234 g/mol. The van der Waals surface area contributed by atoms with Gasteiger partial charge in [0, 0.05) is 0 Å². The number of halogens is 1. The van der Waals surface area contributed by atoms with Crippen LogP contribution in [0.5, 0.6) is 0 Å². The molecule has 0 amide bonds. The van der Waals surface area contributed by atoms with E-state index in [1.54, 1.807) is 18.4 Å². The smallest absolute Gasteiger partial charge is 0.106 e. The molecule has 0 aliphatic heterocycles. The van der Waals surface area contributed by atoms with Gasteiger partial charge in [0.2, 0.25) is 0 Å². The zero-order valence-electron chi connectivity index (χ0n) is 6.30. The molecule has 60 valence electrons. The van der Waals surface area contributed by atoms with Crippen LogP contribution in [-0.4, -0.2) is 12.8 Å². The van der Waals surface area contributed by atoms with Crippen LogP contribution in [0.3, 0.4) is 0 Å². The molecule has 0 unspecified atom stereocenters. The first kappa shape index (κ1) is 8.74. The summed E-state index contributed by atoms with van der Waals surface area (Å²) in [6, 6.07) is 4.00. The van der Waals surface area contributed by atoms with E-state index in [-0.39, 0.29) is 0 Å². The molecule has 0 atom stereocenters. The number of oxime groups is 1. The van der Waals surface area contributed by atoms with Crippen LogP contribution in [0.25, 0.3) is 0 Å². The third-order valence-electron chi connectivity index (χ3n) is 1.16. The molecular weight excluding hydrogens is 226 g/mol. The van der Waals surface area contributed by atoms with Crippen LogP contribution in [0.4, 0.5) is 0 Å². The summed E-state index contributed by atoms with van der Waals surface area (Å²) in [5.74, 6) is 0. The van der Waals surface area contributed by atoms with Gasteiger partial charge in [-0.25, -0.2) is 0 Å². The van der Waals surface area contributed by atoms with Crippen LogP contribution in [0, 0.1) is 0 Å². The van der Waals surface area contributed by atoms with E-state index in [4.69, 9.17) is 0 Å². The highest BCUT2D eigenvalue weighted by atomic mass is 79.9. The predicted molar refractivity (Wildman–Crippen MR) is 51.2 cm³/mol. The normalized spacial score (nSPS) is 11.7. The lowest BCUT2D eigenvalue weighted by atomic mass is 10.3. The van der Waals surface area contributed by atoms with Crippen molar-refractivity contribution >= 4 is 33.0 Å². The maximum absolute atomic E-state index is 4.65. The number of rotatable bonds is 2. The second-order valence-electron chi connectivity index (χ2n) is 1.96. The molecule has 0 saturated heterocycles. The number of hydrogen-bond acceptors (Lipinski definition) is 3. The Kier molecular flexibility index (Phi) is 3.08. The van der Waals surface area contributed by atoms with Gasteiger partial charge < -0.3 is 4.84 Å². The fourth-order valence-electron chi connectivity index (χ4n) is 0.691. The fraction of sp³-hybridized carbons (Fsp3) is 0.286. The number of nitrogens with zero attached hydrogens (tertiary/aromatic N) is 1. The van der Waals surface area contributed by atoms with E-state index in [1.165, 1.54) is 0 Å². The quantitative estimate of drug-likeness (QED) is 0.569. The molecule has 0 spiro atoms. The first-order valence-corrected chi connectivity index (χ1v) is 4.68. The Morgan fingerprint density at radius 3 is 2.82 bits per heavy atom. The third-order valence-corrected chi connectivity index (χ3v) is 2.89. The van der Waals surface area contributed by atoms with Crippen molar-refractivity contribution in [2.45, 2.75) is 6.92 Å². The summed E-state index contributed by atoms with van der Waals surface area (Å²) in [7, 11) is 1.55. The number of hydrogen-bond donors (Lipinski definition) is 0. The highest BCUT2D eigenvalue weighted by Gasteiger charge is 2.00. The third kappa shape index (κ3) is 2.31. The SMILES string of the molecule is CO/N=C(\C)c1ccc(Br)s1. The van der Waals surface area contributed by atoms with Crippen molar-refractivity contribution in [2.75, 3.05) is 7.11 Å². The Morgan fingerprint density at radius 2 is 2.36 bits per heavy atom. The van der Waals surface area contributed by atoms with Crippen molar-refractivity contribution in [1.82, 2.24) is 0 Å². The van der Waals surface area contributed by atoms with Crippen molar-refractivity contribution in [2.24, 2.45) is 5.16 Å². The predicted octanol–water partition coefficient (Wildman–Crippen LogP) is 2.88. The van der Waals surface area contributed by atoms with Crippen molar-refractivity contribution in [3.05, 3.63) is 20.8 Å². The van der Waals surface area contributed by atoms with Gasteiger partial charge in [-0.15, -0.1) is 11.3 Å². The van der Waals surface area contributed by atoms with Crippen LogP contribution in [0.15, 0.2) is 21.1 Å². The summed E-state index contributed by atoms with van der Waals surface area (Å²) >= 11 is 5.02. The van der Waals surface area contributed by atoms with Crippen LogP contribution in [-0.2, 0) is 4.84 Å². The monoisotopic (exact) mass is 233 g/mol. The van der Waals surface area contributed by atoms with E-state index < -0.39 is 0 Å². The van der Waals surface area contributed by atoms with Crippen molar-refractivity contribution in [3.63, 3.8) is 0 Å². The molecule has 0 aliphatic rings. The standard InChI is InChI=1S/C7H8BrNOS/c1-5(9-10-2)6-3-4-7(8)11-6/h3-4H,1-2H3/b9-5+. The van der Waals surface area contributed by atoms with Crippen molar-refractivity contribution in [3.8, 4) is 0 Å². The summed E-state index contributed by atoms with van der Waals surface area (Å²) in [6.07, 6.45) is 0. The summed E-state index contributed by atoms with van der Waals surface area (Å²) in [4.78, 5) is 5.77. The zero-order valence-corrected chi connectivity index (χ0v) is 8.70. The van der Waals surface area contributed by atoms with Crippen molar-refractivity contribution < 1.29 is 4.84 Å². The van der Waals surface area contributed by atoms with Gasteiger partial charge in [0.25, 0.3) is 0 Å². The van der Waals surface area contributed by atoms with Gasteiger partial charge in [0.05, 0.1) is 14.4 Å². The Balaban J connectivity index is 2.84. The van der Waals surface area contributed by atoms with E-state index >= 15 is 0 Å². The molecule has 1 rings (SSSR count). The molecule has 0 saturated carbocycles. The van der Waals surface area contributed by atoms with Gasteiger partial charge in [0.15, 0.2) is 0 Å². The van der Waals surface area contributed by atoms with E-state index in [2.05, 4.69) is 25.9 Å². The number of thiophene rings is 1. The van der Waals surface area contributed by atoms with Crippen LogP contribution < -0.4 is 0 Å². The lowest BCUT2D eigenvalue weighted by Crippen LogP contribution is -1.89. The summed E-state index contributed by atoms with van der Waals surface area (Å²) in [5.41, 5.74) is 0.906. The Labute approximate surface area is 78.0 Å². The van der Waals surface area contributed by atoms with E-state index in [9.17, 15) is 0 Å². The second-order valence-corrected chi connectivity index (χ2v) is 4.43. The minimum atomic E-state index is 0.906. The van der Waals surface area contributed by atoms with Gasteiger partial charge in [-0.05, 0) is 35.0 Å². The minimum Gasteiger partial charge on any atom is -0.399 e. The lowest BCUT2D eigenvalue weighted by Gasteiger charge is -1.92. The van der Waals surface area contributed by atoms with E-state index in [0.717, 1.165) is 14.4 Å². The summed E-state index contributed by atoms with van der Waals surface area (Å²) < 4.78 is 1.11. The van der Waals surface area contributed by atoms with Crippen LogP contribution in [0.1, 0.15) is 11.8 Å². The van der Waals surface area contributed by atoms with E-state index in [1.807, 2.05) is 19.1 Å². The van der Waals surface area contributed by atoms with Crippen molar-refractivity contribution in [1.29, 1.82) is 0 Å². The minimum absolute atomic E-state index is 0.906. The zero-order chi connectivity index (χ0) is 8.27. The second kappa shape index (κ2) is 3.88. The molecule has 0 N–H and O–H groups in total. The molecule has 1 aromatic heterocycles. The van der Waals surface area contributed by atoms with Crippen LogP contribution >= 0.6 is 27.3 Å². The van der Waals surface area contributed by atoms with Gasteiger partial charge >= 0.3 is 0 Å². The van der Waals surface area contributed by atoms with Crippen LogP contribution in [0.2, 0.25) is 0 Å². The molecule has 1 aromatic rings. The molecule has 4 heteroatoms. The molecule has 0 bridgehead atoms. The highest BCUT2D eigenvalue weighted by molar-refractivity contribution is 9.11. The Hall–Kier alpha value is -0.350. The van der Waals surface area contributed by atoms with E-state index in [0.29, 0.717) is 0 Å². The maximum atomic E-state index is 4.65. The van der Waals surface area contributed by atoms with Gasteiger partial charge in [-0.3, -0.25) is 0 Å². The average Bonchev–Trinajstić information content (AvgIpc) is 2.36. The van der Waals surface area contributed by atoms with Gasteiger partial charge in [-0.2, -0.15) is 0 Å². The fourth-order valence-corrected chi connectivity index (χ4v) is 2.01. The summed E-state index contributed by atoms with van der Waals surface area (Å²) in [6.45, 7) is 1.92. The maximum Gasteiger partial charge on any atom is 0.106 e. The van der Waals surface area contributed by atoms with Gasteiger partial charge in [0.1, 0.15) is 7.11 Å². The van der Waals surface area contributed by atoms with Gasteiger partial charge in [-0.1, -0.05) is 5.16 Å². The molecule has 2 nitrogen and oxygen atoms in total. The molecule has 0 aromatic carbocycles. The lowest BCUT2D eigenvalue weighted by molar-refractivity contribution is 0.213. The Bertz CT molecular complexity index is 269. The Morgan fingerprint density at radius 1 is 1.64 bits per heavy atom. The first-order chi connectivity index (χ1) is 5.24. The molecular formula is C7H8BrNOS.